The van der Waals surface area contributed by atoms with Crippen molar-refractivity contribution in [1.82, 2.24) is 4.98 Å². The van der Waals surface area contributed by atoms with E-state index in [1.165, 1.54) is 6.20 Å². The van der Waals surface area contributed by atoms with Crippen LogP contribution in [-0.2, 0) is 4.84 Å². The van der Waals surface area contributed by atoms with Crippen molar-refractivity contribution >= 4 is 0 Å². The molecular weight excluding hydrogens is 159 g/mol. The number of pyridine rings is 1. The Morgan fingerprint density at radius 3 is 3.08 bits per heavy atom. The number of aromatic nitrogens is 1. The van der Waals surface area contributed by atoms with Gasteiger partial charge in [-0.1, -0.05) is 13.0 Å². The summed E-state index contributed by atoms with van der Waals surface area (Å²) in [6.45, 7) is 2.12. The summed E-state index contributed by atoms with van der Waals surface area (Å²) in [6.07, 6.45) is 1.41. The second kappa shape index (κ2) is 4.13. The van der Waals surface area contributed by atoms with Gasteiger partial charge < -0.3 is 4.84 Å². The van der Waals surface area contributed by atoms with Gasteiger partial charge in [-0.25, -0.2) is 10.9 Å². The third-order valence-corrected chi connectivity index (χ3v) is 1.67. The van der Waals surface area contributed by atoms with Crippen LogP contribution >= 0.6 is 0 Å². The van der Waals surface area contributed by atoms with E-state index in [4.69, 9.17) is 5.90 Å². The van der Waals surface area contributed by atoms with Gasteiger partial charge in [-0.05, 0) is 6.07 Å². The van der Waals surface area contributed by atoms with Crippen molar-refractivity contribution in [2.75, 3.05) is 6.61 Å². The van der Waals surface area contributed by atoms with Gasteiger partial charge >= 0.3 is 0 Å². The molecule has 0 saturated carbocycles. The molecule has 4 heteroatoms. The maximum atomic E-state index is 13.0. The summed E-state index contributed by atoms with van der Waals surface area (Å²) >= 11 is 0. The van der Waals surface area contributed by atoms with E-state index in [1.54, 1.807) is 12.1 Å². The van der Waals surface area contributed by atoms with Gasteiger partial charge in [-0.2, -0.15) is 4.39 Å². The Hall–Kier alpha value is -1.00. The van der Waals surface area contributed by atoms with E-state index in [2.05, 4.69) is 9.82 Å². The van der Waals surface area contributed by atoms with Crippen LogP contribution in [-0.4, -0.2) is 11.6 Å². The molecule has 1 aromatic rings. The molecule has 0 saturated heterocycles. The first-order valence-electron chi connectivity index (χ1n) is 3.67. The molecule has 0 aliphatic carbocycles. The molecule has 3 nitrogen and oxygen atoms in total. The lowest BCUT2D eigenvalue weighted by Gasteiger charge is -2.09. The number of nitrogens with zero attached hydrogens (tertiary/aromatic N) is 1. The quantitative estimate of drug-likeness (QED) is 0.548. The lowest BCUT2D eigenvalue weighted by molar-refractivity contribution is 0.125. The third-order valence-electron chi connectivity index (χ3n) is 1.67. The first-order chi connectivity index (χ1) is 5.75. The smallest absolute Gasteiger partial charge is 0.216 e. The predicted molar refractivity (Wildman–Crippen MR) is 42.7 cm³/mol. The fraction of sp³-hybridized carbons (Fsp3) is 0.375. The molecule has 1 atom stereocenters. The van der Waals surface area contributed by atoms with Crippen LogP contribution in [0.5, 0.6) is 0 Å². The Morgan fingerprint density at radius 1 is 1.75 bits per heavy atom. The Kier molecular flexibility index (Phi) is 3.13. The normalized spacial score (nSPS) is 12.9. The highest BCUT2D eigenvalue weighted by molar-refractivity contribution is 5.15. The number of hydrogen-bond donors (Lipinski definition) is 1. The highest BCUT2D eigenvalue weighted by Crippen LogP contribution is 2.16. The third kappa shape index (κ3) is 1.99. The Labute approximate surface area is 70.3 Å². The van der Waals surface area contributed by atoms with Crippen molar-refractivity contribution in [3.05, 3.63) is 29.8 Å². The minimum absolute atomic E-state index is 0.0660. The average Bonchev–Trinajstić information content (AvgIpc) is 2.05. The molecule has 0 amide bonds. The molecule has 12 heavy (non-hydrogen) atoms. The average molecular weight is 170 g/mol. The summed E-state index contributed by atoms with van der Waals surface area (Å²) in [5.41, 5.74) is 0.531. The van der Waals surface area contributed by atoms with Gasteiger partial charge in [-0.3, -0.25) is 0 Å². The SMILES string of the molecule is CC(CON)c1cccnc1F. The van der Waals surface area contributed by atoms with Gasteiger partial charge in [0.1, 0.15) is 0 Å². The topological polar surface area (TPSA) is 48.1 Å². The predicted octanol–water partition coefficient (Wildman–Crippen LogP) is 1.21. The number of nitrogens with two attached hydrogens (primary N) is 1. The molecule has 1 rings (SSSR count). The zero-order valence-corrected chi connectivity index (χ0v) is 6.83. The zero-order chi connectivity index (χ0) is 8.97. The first kappa shape index (κ1) is 9.09. The molecule has 0 aliphatic heterocycles. The van der Waals surface area contributed by atoms with Crippen LogP contribution in [0.2, 0.25) is 0 Å². The van der Waals surface area contributed by atoms with Gasteiger partial charge in [0.05, 0.1) is 6.61 Å². The Morgan fingerprint density at radius 2 is 2.50 bits per heavy atom. The van der Waals surface area contributed by atoms with Crippen LogP contribution < -0.4 is 5.90 Å². The summed E-state index contributed by atoms with van der Waals surface area (Å²) in [5.74, 6) is 4.35. The molecular formula is C8H11FN2O. The Bertz CT molecular complexity index is 255. The van der Waals surface area contributed by atoms with E-state index >= 15 is 0 Å². The van der Waals surface area contributed by atoms with E-state index in [1.807, 2.05) is 6.92 Å². The second-order valence-electron chi connectivity index (χ2n) is 2.62. The lowest BCUT2D eigenvalue weighted by Crippen LogP contribution is -2.10. The fourth-order valence-electron chi connectivity index (χ4n) is 1.00. The van der Waals surface area contributed by atoms with Crippen molar-refractivity contribution < 1.29 is 9.23 Å². The second-order valence-corrected chi connectivity index (χ2v) is 2.62. The largest absolute Gasteiger partial charge is 0.304 e. The van der Waals surface area contributed by atoms with Gasteiger partial charge in [0, 0.05) is 17.7 Å². The summed E-state index contributed by atoms with van der Waals surface area (Å²) in [5, 5.41) is 0. The molecule has 0 fully saturated rings. The van der Waals surface area contributed by atoms with E-state index < -0.39 is 5.95 Å². The number of rotatable bonds is 3. The Balaban J connectivity index is 2.79. The van der Waals surface area contributed by atoms with Crippen molar-refractivity contribution in [3.63, 3.8) is 0 Å². The van der Waals surface area contributed by atoms with E-state index in [9.17, 15) is 4.39 Å². The molecule has 0 bridgehead atoms. The van der Waals surface area contributed by atoms with Crippen LogP contribution in [0.25, 0.3) is 0 Å². The van der Waals surface area contributed by atoms with Crippen molar-refractivity contribution in [2.45, 2.75) is 12.8 Å². The number of hydrogen-bond acceptors (Lipinski definition) is 3. The van der Waals surface area contributed by atoms with E-state index in [0.29, 0.717) is 12.2 Å². The van der Waals surface area contributed by atoms with Gasteiger partial charge in [0.2, 0.25) is 5.95 Å². The molecule has 2 N–H and O–H groups in total. The molecule has 0 aliphatic rings. The van der Waals surface area contributed by atoms with Crippen molar-refractivity contribution in [1.29, 1.82) is 0 Å². The molecule has 1 heterocycles. The van der Waals surface area contributed by atoms with Crippen LogP contribution in [0, 0.1) is 5.95 Å². The van der Waals surface area contributed by atoms with E-state index in [0.717, 1.165) is 0 Å². The number of halogens is 1. The van der Waals surface area contributed by atoms with Crippen LogP contribution in [0.1, 0.15) is 18.4 Å². The maximum Gasteiger partial charge on any atom is 0.216 e. The summed E-state index contributed by atoms with van der Waals surface area (Å²) in [7, 11) is 0. The zero-order valence-electron chi connectivity index (χ0n) is 6.83. The minimum Gasteiger partial charge on any atom is -0.304 e. The molecule has 66 valence electrons. The van der Waals surface area contributed by atoms with Crippen LogP contribution in [0.3, 0.4) is 0 Å². The molecule has 0 aromatic carbocycles. The van der Waals surface area contributed by atoms with E-state index in [-0.39, 0.29) is 5.92 Å². The maximum absolute atomic E-state index is 13.0. The first-order valence-corrected chi connectivity index (χ1v) is 3.67. The highest BCUT2D eigenvalue weighted by Gasteiger charge is 2.10. The molecule has 1 aromatic heterocycles. The standard InChI is InChI=1S/C8H11FN2O/c1-6(5-12-10)7-3-2-4-11-8(7)9/h2-4,6H,5,10H2,1H3. The highest BCUT2D eigenvalue weighted by atomic mass is 19.1. The van der Waals surface area contributed by atoms with Crippen molar-refractivity contribution in [2.24, 2.45) is 5.90 Å². The van der Waals surface area contributed by atoms with Gasteiger partial charge in [-0.15, -0.1) is 0 Å². The monoisotopic (exact) mass is 170 g/mol. The minimum atomic E-state index is -0.456. The fourth-order valence-corrected chi connectivity index (χ4v) is 1.00. The van der Waals surface area contributed by atoms with Gasteiger partial charge in [0.25, 0.3) is 0 Å². The van der Waals surface area contributed by atoms with Crippen LogP contribution in [0.4, 0.5) is 4.39 Å². The molecule has 0 spiro atoms. The molecule has 0 radical (unpaired) electrons. The summed E-state index contributed by atoms with van der Waals surface area (Å²) < 4.78 is 13.0. The lowest BCUT2D eigenvalue weighted by atomic mass is 10.0. The van der Waals surface area contributed by atoms with Crippen molar-refractivity contribution in [3.8, 4) is 0 Å². The summed E-state index contributed by atoms with van der Waals surface area (Å²) in [4.78, 5) is 7.94. The molecule has 1 unspecified atom stereocenters. The van der Waals surface area contributed by atoms with Crippen LogP contribution in [0.15, 0.2) is 18.3 Å². The summed E-state index contributed by atoms with van der Waals surface area (Å²) in [6, 6.07) is 3.36. The van der Waals surface area contributed by atoms with Gasteiger partial charge in [0.15, 0.2) is 0 Å².